The molecule has 1 fully saturated rings. The number of hydrogen-bond donors (Lipinski definition) is 2. The summed E-state index contributed by atoms with van der Waals surface area (Å²) in [5.74, 6) is 0.689. The molecular weight excluding hydrogens is 278 g/mol. The molecule has 1 amide bonds. The fraction of sp³-hybridized carbons (Fsp3) is 0.941. The molecule has 130 valence electrons. The minimum Gasteiger partial charge on any atom is -0.444 e. The molecule has 0 aliphatic carbocycles. The van der Waals surface area contributed by atoms with Gasteiger partial charge in [0.1, 0.15) is 5.60 Å². The Kier molecular flexibility index (Phi) is 7.63. The van der Waals surface area contributed by atoms with E-state index in [1.165, 1.54) is 19.4 Å². The van der Waals surface area contributed by atoms with Gasteiger partial charge in [0.05, 0.1) is 0 Å². The van der Waals surface area contributed by atoms with E-state index in [2.05, 4.69) is 36.4 Å². The lowest BCUT2D eigenvalue weighted by atomic mass is 9.91. The number of rotatable bonds is 6. The Balaban J connectivity index is 2.36. The highest BCUT2D eigenvalue weighted by molar-refractivity contribution is 5.67. The second kappa shape index (κ2) is 8.73. The van der Waals surface area contributed by atoms with Crippen LogP contribution in [0.4, 0.5) is 4.79 Å². The van der Waals surface area contributed by atoms with Gasteiger partial charge in [0.25, 0.3) is 0 Å². The predicted octanol–water partition coefficient (Wildman–Crippen LogP) is 2.61. The molecule has 1 heterocycles. The van der Waals surface area contributed by atoms with Crippen molar-refractivity contribution in [2.45, 2.75) is 71.6 Å². The van der Waals surface area contributed by atoms with Crippen molar-refractivity contribution in [2.24, 2.45) is 5.92 Å². The maximum atomic E-state index is 11.7. The second-order valence-corrected chi connectivity index (χ2v) is 7.61. The molecule has 0 aromatic carbocycles. The normalized spacial score (nSPS) is 22.9. The summed E-state index contributed by atoms with van der Waals surface area (Å²) >= 11 is 0. The molecule has 2 N–H and O–H groups in total. The Morgan fingerprint density at radius 2 is 2.09 bits per heavy atom. The van der Waals surface area contributed by atoms with Gasteiger partial charge in [-0.15, -0.1) is 0 Å². The van der Waals surface area contributed by atoms with Crippen molar-refractivity contribution in [1.29, 1.82) is 0 Å². The number of hydrogen-bond acceptors (Lipinski definition) is 4. The third-order valence-electron chi connectivity index (χ3n) is 4.25. The SMILES string of the molecule is CCC(CNC(=O)OC(C)(C)C)NC(C)C1CCCN(C)C1. The first kappa shape index (κ1) is 19.2. The second-order valence-electron chi connectivity index (χ2n) is 7.61. The molecule has 0 radical (unpaired) electrons. The molecule has 3 unspecified atom stereocenters. The number of carbonyl (C=O) groups excluding carboxylic acids is 1. The number of alkyl carbamates (subject to hydrolysis) is 1. The highest BCUT2D eigenvalue weighted by Gasteiger charge is 2.24. The Labute approximate surface area is 136 Å². The van der Waals surface area contributed by atoms with Gasteiger partial charge in [-0.2, -0.15) is 0 Å². The van der Waals surface area contributed by atoms with Crippen molar-refractivity contribution in [3.63, 3.8) is 0 Å². The van der Waals surface area contributed by atoms with Gasteiger partial charge in [-0.1, -0.05) is 6.92 Å². The number of likely N-dealkylation sites (tertiary alicyclic amines) is 1. The summed E-state index contributed by atoms with van der Waals surface area (Å²) in [5, 5.41) is 6.55. The van der Waals surface area contributed by atoms with Crippen LogP contribution in [0.15, 0.2) is 0 Å². The lowest BCUT2D eigenvalue weighted by molar-refractivity contribution is 0.0520. The number of amides is 1. The molecule has 1 aliphatic rings. The van der Waals surface area contributed by atoms with Crippen LogP contribution in [0.5, 0.6) is 0 Å². The molecule has 5 nitrogen and oxygen atoms in total. The fourth-order valence-corrected chi connectivity index (χ4v) is 2.96. The van der Waals surface area contributed by atoms with E-state index in [1.54, 1.807) is 0 Å². The average Bonchev–Trinajstić information content (AvgIpc) is 2.41. The van der Waals surface area contributed by atoms with Gasteiger partial charge in [-0.05, 0) is 66.5 Å². The average molecular weight is 313 g/mol. The van der Waals surface area contributed by atoms with Crippen LogP contribution in [-0.4, -0.2) is 55.4 Å². The summed E-state index contributed by atoms with van der Waals surface area (Å²) in [7, 11) is 2.19. The first-order chi connectivity index (χ1) is 10.2. The fourth-order valence-electron chi connectivity index (χ4n) is 2.96. The van der Waals surface area contributed by atoms with E-state index in [1.807, 2.05) is 20.8 Å². The van der Waals surface area contributed by atoms with E-state index in [-0.39, 0.29) is 12.1 Å². The van der Waals surface area contributed by atoms with Crippen molar-refractivity contribution >= 4 is 6.09 Å². The van der Waals surface area contributed by atoms with Gasteiger partial charge in [0.15, 0.2) is 0 Å². The monoisotopic (exact) mass is 313 g/mol. The van der Waals surface area contributed by atoms with E-state index in [9.17, 15) is 4.79 Å². The standard InChI is InChI=1S/C17H35N3O2/c1-7-15(11-18-16(21)22-17(3,4)5)19-13(2)14-9-8-10-20(6)12-14/h13-15,19H,7-12H2,1-6H3,(H,18,21). The van der Waals surface area contributed by atoms with Crippen LogP contribution in [0, 0.1) is 5.92 Å². The van der Waals surface area contributed by atoms with Crippen LogP contribution in [0.1, 0.15) is 53.9 Å². The Bertz CT molecular complexity index is 341. The third kappa shape index (κ3) is 7.45. The minimum absolute atomic E-state index is 0.287. The van der Waals surface area contributed by atoms with Crippen molar-refractivity contribution in [3.8, 4) is 0 Å². The van der Waals surface area contributed by atoms with Crippen molar-refractivity contribution < 1.29 is 9.53 Å². The predicted molar refractivity (Wildman–Crippen MR) is 91.1 cm³/mol. The topological polar surface area (TPSA) is 53.6 Å². The summed E-state index contributed by atoms with van der Waals surface area (Å²) in [6.45, 7) is 13.0. The molecule has 1 rings (SSSR count). The van der Waals surface area contributed by atoms with E-state index in [0.717, 1.165) is 13.0 Å². The Morgan fingerprint density at radius 3 is 2.64 bits per heavy atom. The maximum Gasteiger partial charge on any atom is 0.407 e. The zero-order valence-corrected chi connectivity index (χ0v) is 15.2. The van der Waals surface area contributed by atoms with E-state index < -0.39 is 5.60 Å². The first-order valence-corrected chi connectivity index (χ1v) is 8.62. The largest absolute Gasteiger partial charge is 0.444 e. The van der Waals surface area contributed by atoms with Crippen LogP contribution in [0.2, 0.25) is 0 Å². The highest BCUT2D eigenvalue weighted by atomic mass is 16.6. The lowest BCUT2D eigenvalue weighted by Gasteiger charge is -2.35. The minimum atomic E-state index is -0.445. The van der Waals surface area contributed by atoms with Gasteiger partial charge in [-0.3, -0.25) is 0 Å². The van der Waals surface area contributed by atoms with Gasteiger partial charge < -0.3 is 20.3 Å². The van der Waals surface area contributed by atoms with Crippen molar-refractivity contribution in [3.05, 3.63) is 0 Å². The number of carbonyl (C=O) groups is 1. The van der Waals surface area contributed by atoms with E-state index in [4.69, 9.17) is 4.74 Å². The van der Waals surface area contributed by atoms with Gasteiger partial charge in [0.2, 0.25) is 0 Å². The van der Waals surface area contributed by atoms with Crippen LogP contribution < -0.4 is 10.6 Å². The summed E-state index contributed by atoms with van der Waals surface area (Å²) in [6, 6.07) is 0.753. The summed E-state index contributed by atoms with van der Waals surface area (Å²) < 4.78 is 5.28. The Hall–Kier alpha value is -0.810. The number of nitrogens with zero attached hydrogens (tertiary/aromatic N) is 1. The van der Waals surface area contributed by atoms with E-state index >= 15 is 0 Å². The van der Waals surface area contributed by atoms with E-state index in [0.29, 0.717) is 18.5 Å². The smallest absolute Gasteiger partial charge is 0.407 e. The molecular formula is C17H35N3O2. The molecule has 0 aromatic rings. The molecule has 3 atom stereocenters. The molecule has 22 heavy (non-hydrogen) atoms. The van der Waals surface area contributed by atoms with Crippen molar-refractivity contribution in [2.75, 3.05) is 26.7 Å². The van der Waals surface area contributed by atoms with Crippen LogP contribution >= 0.6 is 0 Å². The van der Waals surface area contributed by atoms with Crippen molar-refractivity contribution in [1.82, 2.24) is 15.5 Å². The zero-order chi connectivity index (χ0) is 16.8. The molecule has 1 saturated heterocycles. The number of piperidine rings is 1. The third-order valence-corrected chi connectivity index (χ3v) is 4.25. The number of ether oxygens (including phenoxy) is 1. The van der Waals surface area contributed by atoms with Gasteiger partial charge in [-0.25, -0.2) is 4.79 Å². The summed E-state index contributed by atoms with van der Waals surface area (Å²) in [5.41, 5.74) is -0.445. The van der Waals surface area contributed by atoms with Gasteiger partial charge in [0, 0.05) is 25.2 Å². The van der Waals surface area contributed by atoms with Gasteiger partial charge >= 0.3 is 6.09 Å². The van der Waals surface area contributed by atoms with Crippen LogP contribution in [-0.2, 0) is 4.74 Å². The molecule has 0 saturated carbocycles. The number of nitrogens with one attached hydrogen (secondary N) is 2. The zero-order valence-electron chi connectivity index (χ0n) is 15.2. The van der Waals surface area contributed by atoms with Crippen LogP contribution in [0.3, 0.4) is 0 Å². The highest BCUT2D eigenvalue weighted by Crippen LogP contribution is 2.19. The molecule has 0 bridgehead atoms. The summed E-state index contributed by atoms with van der Waals surface area (Å²) in [4.78, 5) is 14.2. The molecule has 5 heteroatoms. The Morgan fingerprint density at radius 1 is 1.41 bits per heavy atom. The summed E-state index contributed by atoms with van der Waals surface area (Å²) in [6.07, 6.45) is 3.22. The molecule has 1 aliphatic heterocycles. The van der Waals surface area contributed by atoms with Crippen LogP contribution in [0.25, 0.3) is 0 Å². The molecule has 0 aromatic heterocycles. The molecule has 0 spiro atoms. The lowest BCUT2D eigenvalue weighted by Crippen LogP contribution is -2.50. The first-order valence-electron chi connectivity index (χ1n) is 8.62. The quantitative estimate of drug-likeness (QED) is 0.791. The maximum absolute atomic E-state index is 11.7.